The first-order valence-electron chi connectivity index (χ1n) is 8.65. The Morgan fingerprint density at radius 3 is 2.46 bits per heavy atom. The van der Waals surface area contributed by atoms with Crippen LogP contribution in [-0.2, 0) is 16.6 Å². The summed E-state index contributed by atoms with van der Waals surface area (Å²) in [6, 6.07) is 10.4. The van der Waals surface area contributed by atoms with Crippen LogP contribution in [0.25, 0.3) is 10.2 Å². The van der Waals surface area contributed by atoms with Crippen molar-refractivity contribution < 1.29 is 17.6 Å². The lowest BCUT2D eigenvalue weighted by molar-refractivity contribution is 0.0997. The van der Waals surface area contributed by atoms with Gasteiger partial charge in [0.05, 0.1) is 15.1 Å². The fourth-order valence-corrected chi connectivity index (χ4v) is 4.71. The highest BCUT2D eigenvalue weighted by Crippen LogP contribution is 2.21. The summed E-state index contributed by atoms with van der Waals surface area (Å²) in [5.41, 5.74) is 0.701. The molecule has 0 unspecified atom stereocenters. The molecule has 0 atom stereocenters. The van der Waals surface area contributed by atoms with E-state index >= 15 is 0 Å². The molecule has 0 spiro atoms. The highest BCUT2D eigenvalue weighted by Gasteiger charge is 2.18. The normalized spacial score (nSPS) is 12.8. The minimum Gasteiger partial charge on any atom is -0.314 e. The van der Waals surface area contributed by atoms with E-state index in [4.69, 9.17) is 0 Å². The topological polar surface area (TPSA) is 71.7 Å². The van der Waals surface area contributed by atoms with Crippen molar-refractivity contribution >= 4 is 37.5 Å². The van der Waals surface area contributed by atoms with Gasteiger partial charge in [-0.1, -0.05) is 24.3 Å². The second kappa shape index (κ2) is 7.94. The molecular weight excluding hydrogens is 401 g/mol. The number of hydrogen-bond donors (Lipinski definition) is 0. The van der Waals surface area contributed by atoms with E-state index in [2.05, 4.69) is 4.99 Å². The first-order valence-corrected chi connectivity index (χ1v) is 10.9. The zero-order valence-electron chi connectivity index (χ0n) is 15.7. The number of thiazole rings is 1. The zero-order valence-corrected chi connectivity index (χ0v) is 17.3. The average molecular weight is 422 g/mol. The number of benzene rings is 2. The molecule has 9 heteroatoms. The molecular formula is C19H20FN3O3S2. The predicted molar refractivity (Wildman–Crippen MR) is 107 cm³/mol. The maximum atomic E-state index is 14.3. The van der Waals surface area contributed by atoms with Crippen LogP contribution in [0.2, 0.25) is 0 Å². The number of hydrogen-bond acceptors (Lipinski definition) is 4. The fraction of sp³-hybridized carbons (Fsp3) is 0.263. The molecule has 0 saturated carbocycles. The number of para-hydroxylation sites is 1. The molecule has 28 heavy (non-hydrogen) atoms. The Kier molecular flexibility index (Phi) is 5.78. The lowest BCUT2D eigenvalue weighted by Crippen LogP contribution is -2.22. The molecule has 0 fully saturated rings. The molecule has 0 saturated heterocycles. The van der Waals surface area contributed by atoms with Crippen molar-refractivity contribution in [3.05, 3.63) is 58.6 Å². The number of carbonyl (C=O) groups is 1. The fourth-order valence-electron chi connectivity index (χ4n) is 2.73. The summed E-state index contributed by atoms with van der Waals surface area (Å²) in [6.07, 6.45) is 0.763. The van der Waals surface area contributed by atoms with Crippen molar-refractivity contribution in [2.24, 2.45) is 4.99 Å². The van der Waals surface area contributed by atoms with Gasteiger partial charge in [0, 0.05) is 26.2 Å². The van der Waals surface area contributed by atoms with E-state index < -0.39 is 15.9 Å². The number of amides is 1. The summed E-state index contributed by atoms with van der Waals surface area (Å²) < 4.78 is 42.1. The molecule has 1 aromatic heterocycles. The molecule has 148 valence electrons. The quantitative estimate of drug-likeness (QED) is 0.635. The van der Waals surface area contributed by atoms with Crippen LogP contribution in [0.1, 0.15) is 23.7 Å². The molecule has 0 aliphatic carbocycles. The van der Waals surface area contributed by atoms with Gasteiger partial charge in [-0.25, -0.2) is 17.1 Å². The summed E-state index contributed by atoms with van der Waals surface area (Å²) in [4.78, 5) is 17.3. The van der Waals surface area contributed by atoms with Crippen molar-refractivity contribution in [1.29, 1.82) is 0 Å². The molecule has 0 radical (unpaired) electrons. The monoisotopic (exact) mass is 421 g/mol. The van der Waals surface area contributed by atoms with E-state index in [0.717, 1.165) is 10.7 Å². The molecule has 3 rings (SSSR count). The Morgan fingerprint density at radius 2 is 1.86 bits per heavy atom. The lowest BCUT2D eigenvalue weighted by Gasteiger charge is -2.11. The van der Waals surface area contributed by atoms with Crippen LogP contribution in [-0.4, -0.2) is 37.3 Å². The SMILES string of the molecule is CCCn1c(=NC(=O)c2ccc(S(=O)(=O)N(C)C)cc2)sc2cccc(F)c21. The lowest BCUT2D eigenvalue weighted by atomic mass is 10.2. The first-order chi connectivity index (χ1) is 13.3. The second-order valence-corrected chi connectivity index (χ2v) is 9.51. The summed E-state index contributed by atoms with van der Waals surface area (Å²) in [5, 5.41) is 0. The summed E-state index contributed by atoms with van der Waals surface area (Å²) in [7, 11) is -0.684. The largest absolute Gasteiger partial charge is 0.314 e. The number of rotatable bonds is 5. The number of sulfonamides is 1. The number of nitrogens with zero attached hydrogens (tertiary/aromatic N) is 3. The molecule has 3 aromatic rings. The van der Waals surface area contributed by atoms with Gasteiger partial charge in [-0.05, 0) is 42.8 Å². The van der Waals surface area contributed by atoms with Crippen LogP contribution >= 0.6 is 11.3 Å². The predicted octanol–water partition coefficient (Wildman–Crippen LogP) is 3.24. The van der Waals surface area contributed by atoms with Crippen molar-refractivity contribution in [2.75, 3.05) is 14.1 Å². The third-order valence-corrected chi connectivity index (χ3v) is 7.05. The summed E-state index contributed by atoms with van der Waals surface area (Å²) >= 11 is 1.25. The van der Waals surface area contributed by atoms with Crippen LogP contribution in [0.4, 0.5) is 4.39 Å². The first kappa shape index (κ1) is 20.4. The Bertz CT molecular complexity index is 1190. The zero-order chi connectivity index (χ0) is 20.5. The van der Waals surface area contributed by atoms with Gasteiger partial charge >= 0.3 is 0 Å². The number of fused-ring (bicyclic) bond motifs is 1. The maximum absolute atomic E-state index is 14.3. The van der Waals surface area contributed by atoms with E-state index in [1.807, 2.05) is 6.92 Å². The van der Waals surface area contributed by atoms with Gasteiger partial charge in [-0.3, -0.25) is 4.79 Å². The van der Waals surface area contributed by atoms with Crippen LogP contribution < -0.4 is 4.80 Å². The third kappa shape index (κ3) is 3.78. The number of halogens is 1. The second-order valence-electron chi connectivity index (χ2n) is 6.35. The van der Waals surface area contributed by atoms with Gasteiger partial charge in [0.15, 0.2) is 4.80 Å². The highest BCUT2D eigenvalue weighted by molar-refractivity contribution is 7.89. The van der Waals surface area contributed by atoms with Crippen molar-refractivity contribution in [3.63, 3.8) is 0 Å². The van der Waals surface area contributed by atoms with E-state index in [1.54, 1.807) is 16.7 Å². The molecule has 0 N–H and O–H groups in total. The van der Waals surface area contributed by atoms with Crippen LogP contribution in [0.5, 0.6) is 0 Å². The number of aryl methyl sites for hydroxylation is 1. The van der Waals surface area contributed by atoms with Gasteiger partial charge in [0.2, 0.25) is 10.0 Å². The molecule has 2 aromatic carbocycles. The van der Waals surface area contributed by atoms with Gasteiger partial charge in [-0.2, -0.15) is 4.99 Å². The minimum absolute atomic E-state index is 0.0963. The van der Waals surface area contributed by atoms with E-state index in [1.165, 1.54) is 55.8 Å². The standard InChI is InChI=1S/C19H20FN3O3S2/c1-4-12-23-17-15(20)6-5-7-16(17)27-19(23)21-18(24)13-8-10-14(11-9-13)28(25,26)22(2)3/h5-11H,4,12H2,1-3H3. The minimum atomic E-state index is -3.57. The smallest absolute Gasteiger partial charge is 0.279 e. The Labute approximate surface area is 166 Å². The Balaban J connectivity index is 2.04. The maximum Gasteiger partial charge on any atom is 0.279 e. The molecule has 1 heterocycles. The van der Waals surface area contributed by atoms with Crippen LogP contribution in [0.15, 0.2) is 52.4 Å². The highest BCUT2D eigenvalue weighted by atomic mass is 32.2. The van der Waals surface area contributed by atoms with Gasteiger partial charge < -0.3 is 4.57 Å². The molecule has 0 bridgehead atoms. The molecule has 0 aliphatic rings. The number of carbonyl (C=O) groups excluding carboxylic acids is 1. The van der Waals surface area contributed by atoms with Gasteiger partial charge in [0.1, 0.15) is 5.82 Å². The third-order valence-electron chi connectivity index (χ3n) is 4.18. The summed E-state index contributed by atoms with van der Waals surface area (Å²) in [5.74, 6) is -0.861. The van der Waals surface area contributed by atoms with Crippen molar-refractivity contribution in [1.82, 2.24) is 8.87 Å². The van der Waals surface area contributed by atoms with E-state index in [0.29, 0.717) is 21.6 Å². The summed E-state index contributed by atoms with van der Waals surface area (Å²) in [6.45, 7) is 2.50. The molecule has 6 nitrogen and oxygen atoms in total. The molecule has 1 amide bonds. The van der Waals surface area contributed by atoms with E-state index in [-0.39, 0.29) is 16.3 Å². The number of aromatic nitrogens is 1. The Hall–Kier alpha value is -2.36. The van der Waals surface area contributed by atoms with Crippen molar-refractivity contribution in [2.45, 2.75) is 24.8 Å². The van der Waals surface area contributed by atoms with Crippen molar-refractivity contribution in [3.8, 4) is 0 Å². The average Bonchev–Trinajstić information content (AvgIpc) is 3.00. The van der Waals surface area contributed by atoms with Gasteiger partial charge in [-0.15, -0.1) is 0 Å². The molecule has 0 aliphatic heterocycles. The Morgan fingerprint density at radius 1 is 1.18 bits per heavy atom. The van der Waals surface area contributed by atoms with Crippen LogP contribution in [0.3, 0.4) is 0 Å². The van der Waals surface area contributed by atoms with Crippen LogP contribution in [0, 0.1) is 5.82 Å². The van der Waals surface area contributed by atoms with Gasteiger partial charge in [0.25, 0.3) is 5.91 Å². The van der Waals surface area contributed by atoms with E-state index in [9.17, 15) is 17.6 Å².